The second-order valence-corrected chi connectivity index (χ2v) is 5.43. The third-order valence-corrected chi connectivity index (χ3v) is 3.71. The molecule has 0 unspecified atom stereocenters. The third kappa shape index (κ3) is 3.96. The summed E-state index contributed by atoms with van der Waals surface area (Å²) in [6, 6.07) is 4.17. The summed E-state index contributed by atoms with van der Waals surface area (Å²) in [5.41, 5.74) is 1.03. The van der Waals surface area contributed by atoms with Crippen LogP contribution in [-0.4, -0.2) is 51.9 Å². The van der Waals surface area contributed by atoms with Gasteiger partial charge in [0.2, 0.25) is 5.75 Å². The average Bonchev–Trinajstić information content (AvgIpc) is 3.35. The lowest BCUT2D eigenvalue weighted by Crippen LogP contribution is -2.39. The first-order valence-electron chi connectivity index (χ1n) is 7.39. The van der Waals surface area contributed by atoms with Crippen LogP contribution in [0.2, 0.25) is 0 Å². The van der Waals surface area contributed by atoms with E-state index >= 15 is 0 Å². The number of urea groups is 1. The Labute approximate surface area is 131 Å². The smallest absolute Gasteiger partial charge is 0.317 e. The lowest BCUT2D eigenvalue weighted by atomic mass is 10.1. The van der Waals surface area contributed by atoms with Gasteiger partial charge in [-0.05, 0) is 37.0 Å². The van der Waals surface area contributed by atoms with Crippen molar-refractivity contribution < 1.29 is 19.0 Å². The van der Waals surface area contributed by atoms with E-state index in [0.29, 0.717) is 36.3 Å². The highest BCUT2D eigenvalue weighted by atomic mass is 16.5. The predicted molar refractivity (Wildman–Crippen MR) is 84.0 cm³/mol. The molecule has 0 radical (unpaired) electrons. The molecule has 1 aromatic rings. The van der Waals surface area contributed by atoms with Crippen LogP contribution < -0.4 is 19.5 Å². The fourth-order valence-electron chi connectivity index (χ4n) is 2.19. The molecule has 1 saturated carbocycles. The summed E-state index contributed by atoms with van der Waals surface area (Å²) >= 11 is 0. The Kier molecular flexibility index (Phi) is 5.35. The lowest BCUT2D eigenvalue weighted by molar-refractivity contribution is 0.209. The van der Waals surface area contributed by atoms with Crippen molar-refractivity contribution in [3.05, 3.63) is 17.7 Å². The highest BCUT2D eigenvalue weighted by Gasteiger charge is 2.24. The van der Waals surface area contributed by atoms with Crippen molar-refractivity contribution in [2.24, 2.45) is 0 Å². The molecule has 1 aliphatic rings. The van der Waals surface area contributed by atoms with Gasteiger partial charge in [0.15, 0.2) is 11.5 Å². The van der Waals surface area contributed by atoms with E-state index in [0.717, 1.165) is 18.4 Å². The van der Waals surface area contributed by atoms with E-state index in [1.807, 2.05) is 12.1 Å². The van der Waals surface area contributed by atoms with Crippen LogP contribution in [0, 0.1) is 0 Å². The fourth-order valence-corrected chi connectivity index (χ4v) is 2.19. The fraction of sp³-hybridized carbons (Fsp3) is 0.562. The number of carbonyl (C=O) groups excluding carboxylic acids is 1. The minimum Gasteiger partial charge on any atom is -0.493 e. The standard InChI is InChI=1S/C16H24N2O4/c1-18(16(19)17-12-5-6-12)8-7-11-9-13(20-2)15(22-4)14(10-11)21-3/h9-10,12H,5-8H2,1-4H3,(H,17,19). The van der Waals surface area contributed by atoms with E-state index in [1.54, 1.807) is 33.3 Å². The molecule has 0 atom stereocenters. The van der Waals surface area contributed by atoms with Gasteiger partial charge in [-0.25, -0.2) is 4.79 Å². The maximum absolute atomic E-state index is 11.9. The topological polar surface area (TPSA) is 60.0 Å². The number of hydrogen-bond acceptors (Lipinski definition) is 4. The van der Waals surface area contributed by atoms with E-state index in [-0.39, 0.29) is 6.03 Å². The van der Waals surface area contributed by atoms with E-state index in [2.05, 4.69) is 5.32 Å². The summed E-state index contributed by atoms with van der Waals surface area (Å²) in [7, 11) is 6.57. The van der Waals surface area contributed by atoms with E-state index in [1.165, 1.54) is 0 Å². The SMILES string of the molecule is COc1cc(CCN(C)C(=O)NC2CC2)cc(OC)c1OC. The second kappa shape index (κ2) is 7.24. The van der Waals surface area contributed by atoms with E-state index in [9.17, 15) is 4.79 Å². The predicted octanol–water partition coefficient (Wildman–Crippen LogP) is 2.06. The van der Waals surface area contributed by atoms with Crippen molar-refractivity contribution in [2.45, 2.75) is 25.3 Å². The molecule has 1 fully saturated rings. The number of nitrogens with one attached hydrogen (secondary N) is 1. The van der Waals surface area contributed by atoms with Gasteiger partial charge in [-0.1, -0.05) is 0 Å². The van der Waals surface area contributed by atoms with Crippen LogP contribution in [-0.2, 0) is 6.42 Å². The number of carbonyl (C=O) groups is 1. The maximum Gasteiger partial charge on any atom is 0.317 e. The van der Waals surface area contributed by atoms with Gasteiger partial charge in [-0.3, -0.25) is 0 Å². The Balaban J connectivity index is 2.00. The molecule has 0 bridgehead atoms. The van der Waals surface area contributed by atoms with E-state index < -0.39 is 0 Å². The molecule has 22 heavy (non-hydrogen) atoms. The van der Waals surface area contributed by atoms with Crippen LogP contribution in [0.4, 0.5) is 4.79 Å². The molecule has 2 amide bonds. The molecule has 0 aliphatic heterocycles. The number of nitrogens with zero attached hydrogens (tertiary/aromatic N) is 1. The van der Waals surface area contributed by atoms with Gasteiger partial charge in [0.05, 0.1) is 21.3 Å². The van der Waals surface area contributed by atoms with E-state index in [4.69, 9.17) is 14.2 Å². The van der Waals surface area contributed by atoms with Crippen molar-refractivity contribution in [3.8, 4) is 17.2 Å². The minimum absolute atomic E-state index is 0.0186. The first kappa shape index (κ1) is 16.3. The van der Waals surface area contributed by atoms with Gasteiger partial charge in [0.25, 0.3) is 0 Å². The number of rotatable bonds is 7. The van der Waals surface area contributed by atoms with Crippen molar-refractivity contribution in [1.29, 1.82) is 0 Å². The monoisotopic (exact) mass is 308 g/mol. The van der Waals surface area contributed by atoms with Crippen LogP contribution in [0.3, 0.4) is 0 Å². The van der Waals surface area contributed by atoms with Crippen LogP contribution in [0.5, 0.6) is 17.2 Å². The molecule has 0 spiro atoms. The number of benzene rings is 1. The van der Waals surface area contributed by atoms with Crippen LogP contribution >= 0.6 is 0 Å². The summed E-state index contributed by atoms with van der Waals surface area (Å²) in [5, 5.41) is 2.97. The van der Waals surface area contributed by atoms with Gasteiger partial charge in [0, 0.05) is 19.6 Å². The number of amides is 2. The molecule has 1 aliphatic carbocycles. The molecule has 1 aromatic carbocycles. The zero-order valence-electron chi connectivity index (χ0n) is 13.6. The van der Waals surface area contributed by atoms with Crippen LogP contribution in [0.1, 0.15) is 18.4 Å². The summed E-state index contributed by atoms with van der Waals surface area (Å²) in [4.78, 5) is 13.6. The summed E-state index contributed by atoms with van der Waals surface area (Å²) in [6.07, 6.45) is 2.89. The summed E-state index contributed by atoms with van der Waals surface area (Å²) in [6.45, 7) is 0.622. The lowest BCUT2D eigenvalue weighted by Gasteiger charge is -2.19. The quantitative estimate of drug-likeness (QED) is 0.837. The van der Waals surface area contributed by atoms with Crippen molar-refractivity contribution >= 4 is 6.03 Å². The average molecular weight is 308 g/mol. The van der Waals surface area contributed by atoms with Crippen LogP contribution in [0.25, 0.3) is 0 Å². The molecule has 1 N–H and O–H groups in total. The third-order valence-electron chi connectivity index (χ3n) is 3.71. The molecule has 2 rings (SSSR count). The minimum atomic E-state index is -0.0186. The molecule has 6 nitrogen and oxygen atoms in total. The molecule has 6 heteroatoms. The largest absolute Gasteiger partial charge is 0.493 e. The highest BCUT2D eigenvalue weighted by Crippen LogP contribution is 2.38. The molecule has 0 aromatic heterocycles. The number of likely N-dealkylation sites (N-methyl/N-ethyl adjacent to an activating group) is 1. The summed E-state index contributed by atoms with van der Waals surface area (Å²) < 4.78 is 16.0. The van der Waals surface area contributed by atoms with Gasteiger partial charge in [-0.2, -0.15) is 0 Å². The first-order chi connectivity index (χ1) is 10.6. The normalized spacial score (nSPS) is 13.5. The Hall–Kier alpha value is -2.11. The highest BCUT2D eigenvalue weighted by molar-refractivity contribution is 5.74. The molecule has 0 heterocycles. The maximum atomic E-state index is 11.9. The van der Waals surface area contributed by atoms with Crippen LogP contribution in [0.15, 0.2) is 12.1 Å². The molecule has 0 saturated heterocycles. The van der Waals surface area contributed by atoms with Crippen molar-refractivity contribution in [1.82, 2.24) is 10.2 Å². The van der Waals surface area contributed by atoms with Crippen molar-refractivity contribution in [3.63, 3.8) is 0 Å². The van der Waals surface area contributed by atoms with Gasteiger partial charge in [0.1, 0.15) is 0 Å². The number of hydrogen-bond donors (Lipinski definition) is 1. The van der Waals surface area contributed by atoms with Gasteiger partial charge in [-0.15, -0.1) is 0 Å². The number of methoxy groups -OCH3 is 3. The Morgan fingerprint density at radius 1 is 1.18 bits per heavy atom. The first-order valence-corrected chi connectivity index (χ1v) is 7.39. The molecular weight excluding hydrogens is 284 g/mol. The number of ether oxygens (including phenoxy) is 3. The Morgan fingerprint density at radius 2 is 1.77 bits per heavy atom. The van der Waals surface area contributed by atoms with Gasteiger partial charge >= 0.3 is 6.03 Å². The van der Waals surface area contributed by atoms with Gasteiger partial charge < -0.3 is 24.4 Å². The summed E-state index contributed by atoms with van der Waals surface area (Å²) in [5.74, 6) is 1.83. The zero-order chi connectivity index (χ0) is 16.1. The van der Waals surface area contributed by atoms with Crippen molar-refractivity contribution in [2.75, 3.05) is 34.9 Å². The molecular formula is C16H24N2O4. The zero-order valence-corrected chi connectivity index (χ0v) is 13.6. The Bertz CT molecular complexity index is 504. The Morgan fingerprint density at radius 3 is 2.23 bits per heavy atom. The second-order valence-electron chi connectivity index (χ2n) is 5.43. The molecule has 122 valence electrons.